The molecule has 0 N–H and O–H groups in total. The number of rotatable bonds is 4. The summed E-state index contributed by atoms with van der Waals surface area (Å²) < 4.78 is 4.58. The summed E-state index contributed by atoms with van der Waals surface area (Å²) in [7, 11) is 1.32. The molecule has 0 bridgehead atoms. The Morgan fingerprint density at radius 3 is 2.50 bits per heavy atom. The second kappa shape index (κ2) is 5.62. The molecule has 0 saturated carbocycles. The fourth-order valence-corrected chi connectivity index (χ4v) is 1.51. The monoisotopic (exact) mass is 249 g/mol. The van der Waals surface area contributed by atoms with Gasteiger partial charge < -0.3 is 9.64 Å². The molecule has 1 aromatic rings. The second-order valence-corrected chi connectivity index (χ2v) is 4.82. The molecule has 0 radical (unpaired) electrons. The molecule has 0 aliphatic heterocycles. The number of anilines is 1. The standard InChI is InChI=1S/C13H19N3O2/c1-6-7-16(13(2,3)4)11-9-14-10(8-15-11)12(17)18-5/h6,8-9H,1,7H2,2-5H3. The third-order valence-electron chi connectivity index (χ3n) is 2.43. The normalized spacial score (nSPS) is 10.9. The van der Waals surface area contributed by atoms with Gasteiger partial charge in [-0.2, -0.15) is 0 Å². The zero-order valence-electron chi connectivity index (χ0n) is 11.3. The Labute approximate surface area is 108 Å². The van der Waals surface area contributed by atoms with Crippen LogP contribution in [0.25, 0.3) is 0 Å². The average Bonchev–Trinajstić information content (AvgIpc) is 2.34. The van der Waals surface area contributed by atoms with E-state index >= 15 is 0 Å². The van der Waals surface area contributed by atoms with Gasteiger partial charge in [0.15, 0.2) is 5.69 Å². The van der Waals surface area contributed by atoms with Crippen LogP contribution in [0, 0.1) is 0 Å². The van der Waals surface area contributed by atoms with Crippen LogP contribution >= 0.6 is 0 Å². The lowest BCUT2D eigenvalue weighted by Crippen LogP contribution is -2.42. The van der Waals surface area contributed by atoms with E-state index in [1.54, 1.807) is 12.3 Å². The predicted molar refractivity (Wildman–Crippen MR) is 70.7 cm³/mol. The lowest BCUT2D eigenvalue weighted by molar-refractivity contribution is 0.0593. The summed E-state index contributed by atoms with van der Waals surface area (Å²) in [6.45, 7) is 10.6. The fourth-order valence-electron chi connectivity index (χ4n) is 1.51. The lowest BCUT2D eigenvalue weighted by atomic mass is 10.1. The highest BCUT2D eigenvalue weighted by molar-refractivity contribution is 5.86. The average molecular weight is 249 g/mol. The van der Waals surface area contributed by atoms with Crippen molar-refractivity contribution in [2.24, 2.45) is 0 Å². The molecule has 0 aliphatic carbocycles. The fraction of sp³-hybridized carbons (Fsp3) is 0.462. The molecule has 0 unspecified atom stereocenters. The number of esters is 1. The minimum atomic E-state index is -0.486. The van der Waals surface area contributed by atoms with Crippen molar-refractivity contribution in [3.63, 3.8) is 0 Å². The Morgan fingerprint density at radius 2 is 2.11 bits per heavy atom. The zero-order valence-corrected chi connectivity index (χ0v) is 11.3. The highest BCUT2D eigenvalue weighted by Gasteiger charge is 2.22. The second-order valence-electron chi connectivity index (χ2n) is 4.82. The maximum atomic E-state index is 11.3. The SMILES string of the molecule is C=CCN(c1cnc(C(=O)OC)cn1)C(C)(C)C. The maximum Gasteiger partial charge on any atom is 0.358 e. The maximum absolute atomic E-state index is 11.3. The first-order chi connectivity index (χ1) is 8.40. The molecular formula is C13H19N3O2. The Balaban J connectivity index is 3.01. The number of hydrogen-bond donors (Lipinski definition) is 0. The summed E-state index contributed by atoms with van der Waals surface area (Å²) in [6.07, 6.45) is 4.80. The van der Waals surface area contributed by atoms with E-state index in [-0.39, 0.29) is 11.2 Å². The Morgan fingerprint density at radius 1 is 1.44 bits per heavy atom. The first kappa shape index (κ1) is 14.2. The smallest absolute Gasteiger partial charge is 0.358 e. The van der Waals surface area contributed by atoms with Crippen molar-refractivity contribution in [3.8, 4) is 0 Å². The van der Waals surface area contributed by atoms with Crippen LogP contribution in [0.4, 0.5) is 5.82 Å². The summed E-state index contributed by atoms with van der Waals surface area (Å²) in [4.78, 5) is 21.6. The van der Waals surface area contributed by atoms with Gasteiger partial charge in [0.05, 0.1) is 19.5 Å². The van der Waals surface area contributed by atoms with Gasteiger partial charge in [-0.05, 0) is 20.8 Å². The van der Waals surface area contributed by atoms with Crippen molar-refractivity contribution in [3.05, 3.63) is 30.7 Å². The Kier molecular flexibility index (Phi) is 4.42. The van der Waals surface area contributed by atoms with Gasteiger partial charge >= 0.3 is 5.97 Å². The largest absolute Gasteiger partial charge is 0.464 e. The first-order valence-electron chi connectivity index (χ1n) is 5.69. The number of hydrogen-bond acceptors (Lipinski definition) is 5. The van der Waals surface area contributed by atoms with E-state index in [0.29, 0.717) is 12.4 Å². The van der Waals surface area contributed by atoms with E-state index in [1.165, 1.54) is 13.3 Å². The third kappa shape index (κ3) is 3.29. The molecule has 0 fully saturated rings. The van der Waals surface area contributed by atoms with Gasteiger partial charge in [0.1, 0.15) is 5.82 Å². The lowest BCUT2D eigenvalue weighted by Gasteiger charge is -2.35. The number of carbonyl (C=O) groups excluding carboxylic acids is 1. The Hall–Kier alpha value is -1.91. The van der Waals surface area contributed by atoms with Gasteiger partial charge in [0.25, 0.3) is 0 Å². The van der Waals surface area contributed by atoms with Gasteiger partial charge in [0, 0.05) is 12.1 Å². The number of carbonyl (C=O) groups is 1. The van der Waals surface area contributed by atoms with Crippen molar-refractivity contribution in [2.75, 3.05) is 18.6 Å². The van der Waals surface area contributed by atoms with Crippen LogP contribution in [0.15, 0.2) is 25.0 Å². The van der Waals surface area contributed by atoms with E-state index in [2.05, 4.69) is 42.1 Å². The number of nitrogens with zero attached hydrogens (tertiary/aromatic N) is 3. The van der Waals surface area contributed by atoms with Gasteiger partial charge in [-0.25, -0.2) is 14.8 Å². The summed E-state index contributed by atoms with van der Waals surface area (Å²) in [5.74, 6) is 0.218. The topological polar surface area (TPSA) is 55.3 Å². The van der Waals surface area contributed by atoms with Crippen LogP contribution in [-0.2, 0) is 4.74 Å². The highest BCUT2D eigenvalue weighted by atomic mass is 16.5. The van der Waals surface area contributed by atoms with Gasteiger partial charge in [-0.15, -0.1) is 6.58 Å². The summed E-state index contributed by atoms with van der Waals surface area (Å²) >= 11 is 0. The van der Waals surface area contributed by atoms with Crippen LogP contribution in [0.3, 0.4) is 0 Å². The molecule has 5 heteroatoms. The van der Waals surface area contributed by atoms with Gasteiger partial charge in [-0.1, -0.05) is 6.08 Å². The molecule has 0 atom stereocenters. The Bertz CT molecular complexity index is 421. The molecule has 98 valence electrons. The third-order valence-corrected chi connectivity index (χ3v) is 2.43. The first-order valence-corrected chi connectivity index (χ1v) is 5.69. The van der Waals surface area contributed by atoms with Crippen molar-refractivity contribution < 1.29 is 9.53 Å². The quantitative estimate of drug-likeness (QED) is 0.604. The molecule has 1 rings (SSSR count). The number of methoxy groups -OCH3 is 1. The molecule has 0 aromatic carbocycles. The minimum Gasteiger partial charge on any atom is -0.464 e. The van der Waals surface area contributed by atoms with Gasteiger partial charge in [0.2, 0.25) is 0 Å². The molecule has 0 spiro atoms. The van der Waals surface area contributed by atoms with Crippen molar-refractivity contribution in [1.29, 1.82) is 0 Å². The van der Waals surface area contributed by atoms with Crippen molar-refractivity contribution >= 4 is 11.8 Å². The molecule has 0 aliphatic rings. The molecule has 1 heterocycles. The number of aromatic nitrogens is 2. The van der Waals surface area contributed by atoms with E-state index in [1.807, 2.05) is 4.90 Å². The van der Waals surface area contributed by atoms with E-state index in [9.17, 15) is 4.79 Å². The van der Waals surface area contributed by atoms with Crippen LogP contribution in [0.5, 0.6) is 0 Å². The summed E-state index contributed by atoms with van der Waals surface area (Å²) in [5.41, 5.74) is 0.101. The van der Waals surface area contributed by atoms with Crippen molar-refractivity contribution in [2.45, 2.75) is 26.3 Å². The summed E-state index contributed by atoms with van der Waals surface area (Å²) in [5, 5.41) is 0. The van der Waals surface area contributed by atoms with Crippen LogP contribution in [0.2, 0.25) is 0 Å². The van der Waals surface area contributed by atoms with E-state index < -0.39 is 5.97 Å². The van der Waals surface area contributed by atoms with E-state index in [4.69, 9.17) is 0 Å². The highest BCUT2D eigenvalue weighted by Crippen LogP contribution is 2.20. The summed E-state index contributed by atoms with van der Waals surface area (Å²) in [6, 6.07) is 0. The molecule has 18 heavy (non-hydrogen) atoms. The van der Waals surface area contributed by atoms with Crippen molar-refractivity contribution in [1.82, 2.24) is 9.97 Å². The molecular weight excluding hydrogens is 230 g/mol. The van der Waals surface area contributed by atoms with Crippen LogP contribution < -0.4 is 4.90 Å². The molecule has 1 aromatic heterocycles. The van der Waals surface area contributed by atoms with Crippen LogP contribution in [-0.4, -0.2) is 35.1 Å². The number of ether oxygens (including phenoxy) is 1. The van der Waals surface area contributed by atoms with Crippen LogP contribution in [0.1, 0.15) is 31.3 Å². The van der Waals surface area contributed by atoms with E-state index in [0.717, 1.165) is 0 Å². The predicted octanol–water partition coefficient (Wildman–Crippen LogP) is 2.05. The zero-order chi connectivity index (χ0) is 13.8. The molecule has 0 amide bonds. The van der Waals surface area contributed by atoms with Gasteiger partial charge in [-0.3, -0.25) is 0 Å². The minimum absolute atomic E-state index is 0.102. The molecule has 5 nitrogen and oxygen atoms in total. The molecule has 0 saturated heterocycles.